The highest BCUT2D eigenvalue weighted by atomic mass is 16.5. The van der Waals surface area contributed by atoms with Gasteiger partial charge in [0.25, 0.3) is 0 Å². The molecule has 4 rings (SSSR count). The zero-order valence-corrected chi connectivity index (χ0v) is 13.4. The summed E-state index contributed by atoms with van der Waals surface area (Å²) in [5.41, 5.74) is 2.30. The van der Waals surface area contributed by atoms with Crippen molar-refractivity contribution in [2.24, 2.45) is 17.3 Å². The minimum absolute atomic E-state index is 0.0762. The van der Waals surface area contributed by atoms with Gasteiger partial charge in [-0.15, -0.1) is 0 Å². The maximum atomic E-state index is 12.3. The smallest absolute Gasteiger partial charge is 0.161 e. The molecule has 0 aliphatic heterocycles. The van der Waals surface area contributed by atoms with Crippen molar-refractivity contribution in [3.63, 3.8) is 0 Å². The number of phenolic OH excluding ortho intramolecular Hbond substituents is 1. The zero-order chi connectivity index (χ0) is 15.5. The van der Waals surface area contributed by atoms with Crippen LogP contribution in [-0.2, 0) is 11.2 Å². The molecule has 2 saturated carbocycles. The van der Waals surface area contributed by atoms with E-state index in [1.165, 1.54) is 5.56 Å². The van der Waals surface area contributed by atoms with Gasteiger partial charge in [-0.05, 0) is 61.5 Å². The van der Waals surface area contributed by atoms with Crippen molar-refractivity contribution in [2.45, 2.75) is 51.4 Å². The molecule has 22 heavy (non-hydrogen) atoms. The summed E-state index contributed by atoms with van der Waals surface area (Å²) in [5, 5.41) is 10.4. The maximum Gasteiger partial charge on any atom is 0.161 e. The van der Waals surface area contributed by atoms with Gasteiger partial charge < -0.3 is 9.84 Å². The molecule has 2 fully saturated rings. The number of hydrogen-bond donors (Lipinski definition) is 1. The van der Waals surface area contributed by atoms with Crippen molar-refractivity contribution < 1.29 is 14.6 Å². The molecule has 3 aliphatic carbocycles. The highest BCUT2D eigenvalue weighted by molar-refractivity contribution is 5.87. The summed E-state index contributed by atoms with van der Waals surface area (Å²) in [6.45, 7) is 2.20. The minimum atomic E-state index is -0.0762. The molecule has 0 heterocycles. The molecule has 3 heteroatoms. The molecule has 0 amide bonds. The fraction of sp³-hybridized carbons (Fsp3) is 0.632. The first-order valence-corrected chi connectivity index (χ1v) is 8.48. The summed E-state index contributed by atoms with van der Waals surface area (Å²) in [6.07, 6.45) is 5.90. The molecular formula is C19H24O3. The monoisotopic (exact) mass is 300 g/mol. The molecule has 1 aromatic carbocycles. The Morgan fingerprint density at radius 1 is 1.23 bits per heavy atom. The van der Waals surface area contributed by atoms with E-state index in [9.17, 15) is 9.90 Å². The number of fused-ring (bicyclic) bond motifs is 5. The third-order valence-electron chi connectivity index (χ3n) is 6.78. The Labute approximate surface area is 131 Å². The number of benzene rings is 1. The van der Waals surface area contributed by atoms with Crippen LogP contribution in [0, 0.1) is 17.3 Å². The van der Waals surface area contributed by atoms with E-state index in [0.29, 0.717) is 35.0 Å². The standard InChI is InChI=1S/C19H24O3/c1-19-10-9-12-11-5-7-16(22-2)18(21)14(11)4-3-13(12)15(19)6-8-17(19)20/h5,7,12-13,15,21H,3-4,6,8-10H2,1-2H3. The third kappa shape index (κ3) is 1.71. The van der Waals surface area contributed by atoms with Crippen molar-refractivity contribution >= 4 is 5.78 Å². The van der Waals surface area contributed by atoms with E-state index in [4.69, 9.17) is 4.74 Å². The molecule has 0 bridgehead atoms. The van der Waals surface area contributed by atoms with Crippen LogP contribution in [0.15, 0.2) is 12.1 Å². The Bertz CT molecular complexity index is 636. The number of methoxy groups -OCH3 is 1. The van der Waals surface area contributed by atoms with E-state index >= 15 is 0 Å². The summed E-state index contributed by atoms with van der Waals surface area (Å²) >= 11 is 0. The van der Waals surface area contributed by atoms with E-state index in [1.54, 1.807) is 7.11 Å². The number of hydrogen-bond acceptors (Lipinski definition) is 3. The molecule has 4 atom stereocenters. The summed E-state index contributed by atoms with van der Waals surface area (Å²) in [4.78, 5) is 12.3. The Hall–Kier alpha value is -1.51. The number of phenols is 1. The molecular weight excluding hydrogens is 276 g/mol. The van der Waals surface area contributed by atoms with Crippen LogP contribution in [0.2, 0.25) is 0 Å². The number of Topliss-reactive ketones (excluding diaryl/α,β-unsaturated/α-hetero) is 1. The average molecular weight is 300 g/mol. The van der Waals surface area contributed by atoms with E-state index in [1.807, 2.05) is 6.07 Å². The van der Waals surface area contributed by atoms with Gasteiger partial charge >= 0.3 is 0 Å². The van der Waals surface area contributed by atoms with Crippen molar-refractivity contribution in [2.75, 3.05) is 7.11 Å². The predicted molar refractivity (Wildman–Crippen MR) is 84.3 cm³/mol. The van der Waals surface area contributed by atoms with Gasteiger partial charge in [-0.2, -0.15) is 0 Å². The SMILES string of the molecule is COc1ccc2c(c1O)CCC1C2CCC2(C)C(=O)CCC12. The molecule has 0 spiro atoms. The van der Waals surface area contributed by atoms with Gasteiger partial charge in [-0.25, -0.2) is 0 Å². The predicted octanol–water partition coefficient (Wildman–Crippen LogP) is 3.83. The molecule has 0 aromatic heterocycles. The third-order valence-corrected chi connectivity index (χ3v) is 6.78. The average Bonchev–Trinajstić information content (AvgIpc) is 2.83. The number of carbonyl (C=O) groups excluding carboxylic acids is 1. The molecule has 1 aromatic rings. The quantitative estimate of drug-likeness (QED) is 0.857. The second-order valence-electron chi connectivity index (χ2n) is 7.52. The molecule has 3 aliphatic rings. The number of aromatic hydroxyl groups is 1. The number of ether oxygens (including phenoxy) is 1. The molecule has 0 radical (unpaired) electrons. The van der Waals surface area contributed by atoms with Crippen molar-refractivity contribution in [3.05, 3.63) is 23.3 Å². The summed E-state index contributed by atoms with van der Waals surface area (Å²) < 4.78 is 5.25. The lowest BCUT2D eigenvalue weighted by Gasteiger charge is -2.48. The van der Waals surface area contributed by atoms with Crippen LogP contribution in [-0.4, -0.2) is 18.0 Å². The van der Waals surface area contributed by atoms with Crippen LogP contribution < -0.4 is 4.74 Å². The fourth-order valence-electron chi connectivity index (χ4n) is 5.56. The minimum Gasteiger partial charge on any atom is -0.504 e. The van der Waals surface area contributed by atoms with Crippen LogP contribution in [0.4, 0.5) is 0 Å². The fourth-order valence-corrected chi connectivity index (χ4v) is 5.56. The van der Waals surface area contributed by atoms with Crippen LogP contribution in [0.3, 0.4) is 0 Å². The highest BCUT2D eigenvalue weighted by Gasteiger charge is 2.54. The summed E-state index contributed by atoms with van der Waals surface area (Å²) in [6, 6.07) is 4.04. The van der Waals surface area contributed by atoms with Gasteiger partial charge in [-0.3, -0.25) is 4.79 Å². The van der Waals surface area contributed by atoms with Crippen molar-refractivity contribution in [1.82, 2.24) is 0 Å². The van der Waals surface area contributed by atoms with Crippen LogP contribution in [0.5, 0.6) is 11.5 Å². The van der Waals surface area contributed by atoms with Crippen molar-refractivity contribution in [3.8, 4) is 11.5 Å². The molecule has 118 valence electrons. The second-order valence-corrected chi connectivity index (χ2v) is 7.52. The molecule has 3 nitrogen and oxygen atoms in total. The summed E-state index contributed by atoms with van der Waals surface area (Å²) in [5.74, 6) is 3.04. The topological polar surface area (TPSA) is 46.5 Å². The lowest BCUT2D eigenvalue weighted by atomic mass is 9.55. The second kappa shape index (κ2) is 4.74. The largest absolute Gasteiger partial charge is 0.504 e. The Balaban J connectivity index is 1.73. The number of ketones is 1. The van der Waals surface area contributed by atoms with Gasteiger partial charge in [-0.1, -0.05) is 13.0 Å². The number of rotatable bonds is 1. The van der Waals surface area contributed by atoms with Crippen molar-refractivity contribution in [1.29, 1.82) is 0 Å². The van der Waals surface area contributed by atoms with E-state index in [-0.39, 0.29) is 5.41 Å². The first-order chi connectivity index (χ1) is 10.6. The Morgan fingerprint density at radius 2 is 2.05 bits per heavy atom. The van der Waals surface area contributed by atoms with E-state index < -0.39 is 0 Å². The van der Waals surface area contributed by atoms with Gasteiger partial charge in [0.05, 0.1) is 7.11 Å². The Morgan fingerprint density at radius 3 is 2.82 bits per heavy atom. The molecule has 0 saturated heterocycles. The van der Waals surface area contributed by atoms with Crippen LogP contribution in [0.25, 0.3) is 0 Å². The maximum absolute atomic E-state index is 12.3. The first-order valence-electron chi connectivity index (χ1n) is 8.48. The highest BCUT2D eigenvalue weighted by Crippen LogP contribution is 2.60. The van der Waals surface area contributed by atoms with E-state index in [2.05, 4.69) is 13.0 Å². The zero-order valence-electron chi connectivity index (χ0n) is 13.4. The number of carbonyl (C=O) groups is 1. The normalized spacial score (nSPS) is 36.5. The van der Waals surface area contributed by atoms with Gasteiger partial charge in [0.2, 0.25) is 0 Å². The van der Waals surface area contributed by atoms with Gasteiger partial charge in [0, 0.05) is 17.4 Å². The lowest BCUT2D eigenvalue weighted by molar-refractivity contribution is -0.129. The van der Waals surface area contributed by atoms with Gasteiger partial charge in [0.15, 0.2) is 11.5 Å². The lowest BCUT2D eigenvalue weighted by Crippen LogP contribution is -2.42. The van der Waals surface area contributed by atoms with Crippen LogP contribution in [0.1, 0.15) is 56.1 Å². The summed E-state index contributed by atoms with van der Waals surface area (Å²) in [7, 11) is 1.60. The Kier molecular flexibility index (Phi) is 3.04. The van der Waals surface area contributed by atoms with Gasteiger partial charge in [0.1, 0.15) is 5.78 Å². The van der Waals surface area contributed by atoms with Crippen LogP contribution >= 0.6 is 0 Å². The van der Waals surface area contributed by atoms with E-state index in [0.717, 1.165) is 44.1 Å². The first kappa shape index (κ1) is 14.1. The molecule has 1 N–H and O–H groups in total. The molecule has 4 unspecified atom stereocenters.